The number of piperidine rings is 1. The van der Waals surface area contributed by atoms with Gasteiger partial charge in [0.15, 0.2) is 0 Å². The molecule has 0 unspecified atom stereocenters. The molecule has 1 saturated heterocycles. The molecule has 2 fully saturated rings. The van der Waals surface area contributed by atoms with Crippen molar-refractivity contribution >= 4 is 5.91 Å². The van der Waals surface area contributed by atoms with E-state index in [1.807, 2.05) is 36.9 Å². The van der Waals surface area contributed by atoms with Gasteiger partial charge in [0.1, 0.15) is 5.82 Å². The van der Waals surface area contributed by atoms with Crippen LogP contribution in [-0.4, -0.2) is 38.4 Å². The highest BCUT2D eigenvalue weighted by molar-refractivity contribution is 5.79. The fourth-order valence-electron chi connectivity index (χ4n) is 3.80. The molecule has 0 spiro atoms. The first-order chi connectivity index (χ1) is 11.8. The van der Waals surface area contributed by atoms with Crippen LogP contribution in [0.4, 0.5) is 0 Å². The van der Waals surface area contributed by atoms with Gasteiger partial charge in [0.25, 0.3) is 0 Å². The number of hydrogen-bond donors (Lipinski definition) is 0. The average Bonchev–Trinajstić information content (AvgIpc) is 3.02. The van der Waals surface area contributed by atoms with Crippen molar-refractivity contribution in [3.05, 3.63) is 48.3 Å². The number of nitrogens with zero attached hydrogens (tertiary/aromatic N) is 4. The number of carbonyl (C=O) groups excluding carboxylic acids is 1. The molecular formula is C19H24N4O. The van der Waals surface area contributed by atoms with Crippen LogP contribution in [0.5, 0.6) is 0 Å². The van der Waals surface area contributed by atoms with Gasteiger partial charge < -0.3 is 9.47 Å². The summed E-state index contributed by atoms with van der Waals surface area (Å²) in [5.41, 5.74) is 1.22. The van der Waals surface area contributed by atoms with Crippen molar-refractivity contribution in [2.24, 2.45) is 5.92 Å². The Morgan fingerprint density at radius 1 is 1.12 bits per heavy atom. The Hall–Kier alpha value is -2.17. The third kappa shape index (κ3) is 3.07. The lowest BCUT2D eigenvalue weighted by atomic mass is 9.83. The van der Waals surface area contributed by atoms with Gasteiger partial charge in [0.2, 0.25) is 5.91 Å². The highest BCUT2D eigenvalue weighted by atomic mass is 16.2. The Labute approximate surface area is 142 Å². The maximum absolute atomic E-state index is 12.6. The third-order valence-electron chi connectivity index (χ3n) is 5.40. The van der Waals surface area contributed by atoms with Crippen molar-refractivity contribution in [1.82, 2.24) is 19.4 Å². The van der Waals surface area contributed by atoms with E-state index >= 15 is 0 Å². The zero-order chi connectivity index (χ0) is 16.4. The molecule has 1 aliphatic carbocycles. The van der Waals surface area contributed by atoms with Gasteiger partial charge >= 0.3 is 0 Å². The van der Waals surface area contributed by atoms with Gasteiger partial charge in [-0.15, -0.1) is 0 Å². The first kappa shape index (κ1) is 15.4. The van der Waals surface area contributed by atoms with Gasteiger partial charge in [-0.3, -0.25) is 9.78 Å². The molecule has 1 amide bonds. The Morgan fingerprint density at radius 3 is 2.71 bits per heavy atom. The van der Waals surface area contributed by atoms with Crippen molar-refractivity contribution in [1.29, 1.82) is 0 Å². The summed E-state index contributed by atoms with van der Waals surface area (Å²) in [5.74, 6) is 2.12. The number of aromatic nitrogens is 3. The van der Waals surface area contributed by atoms with Crippen LogP contribution in [0.25, 0.3) is 0 Å². The van der Waals surface area contributed by atoms with Gasteiger partial charge in [-0.05, 0) is 43.4 Å². The molecule has 0 aromatic carbocycles. The molecule has 0 bridgehead atoms. The molecule has 2 aliphatic rings. The summed E-state index contributed by atoms with van der Waals surface area (Å²) in [7, 11) is 0. The first-order valence-electron chi connectivity index (χ1n) is 9.00. The number of rotatable bonds is 4. The van der Waals surface area contributed by atoms with E-state index in [1.54, 1.807) is 0 Å². The largest absolute Gasteiger partial charge is 0.342 e. The summed E-state index contributed by atoms with van der Waals surface area (Å²) in [5, 5.41) is 0. The summed E-state index contributed by atoms with van der Waals surface area (Å²) in [6, 6.07) is 4.08. The lowest BCUT2D eigenvalue weighted by Gasteiger charge is -2.37. The smallest absolute Gasteiger partial charge is 0.225 e. The third-order valence-corrected chi connectivity index (χ3v) is 5.40. The fraction of sp³-hybridized carbons (Fsp3) is 0.526. The quantitative estimate of drug-likeness (QED) is 0.869. The molecule has 1 atom stereocenters. The van der Waals surface area contributed by atoms with Gasteiger partial charge in [-0.25, -0.2) is 4.98 Å². The van der Waals surface area contributed by atoms with Crippen molar-refractivity contribution in [3.63, 3.8) is 0 Å². The number of carbonyl (C=O) groups is 1. The lowest BCUT2D eigenvalue weighted by Crippen LogP contribution is -2.44. The standard InChI is InChI=1S/C19H24N4O/c24-19(16-3-1-4-16)23-11-2-5-17(14-23)18-21-10-12-22(18)13-15-6-8-20-9-7-15/h6-10,12,16-17H,1-5,11,13-14H2/t17-/m1/s1. The monoisotopic (exact) mass is 324 g/mol. The van der Waals surface area contributed by atoms with Crippen LogP contribution in [0, 0.1) is 5.92 Å². The number of pyridine rings is 1. The van der Waals surface area contributed by atoms with E-state index in [2.05, 4.69) is 19.4 Å². The molecule has 0 N–H and O–H groups in total. The van der Waals surface area contributed by atoms with E-state index in [4.69, 9.17) is 0 Å². The summed E-state index contributed by atoms with van der Waals surface area (Å²) in [6.45, 7) is 2.55. The number of hydrogen-bond acceptors (Lipinski definition) is 3. The number of amides is 1. The van der Waals surface area contributed by atoms with E-state index in [1.165, 1.54) is 12.0 Å². The minimum absolute atomic E-state index is 0.292. The van der Waals surface area contributed by atoms with Crippen LogP contribution in [0.1, 0.15) is 49.4 Å². The Balaban J connectivity index is 1.47. The van der Waals surface area contributed by atoms with Crippen LogP contribution in [0.3, 0.4) is 0 Å². The number of imidazole rings is 1. The zero-order valence-electron chi connectivity index (χ0n) is 14.0. The van der Waals surface area contributed by atoms with Crippen LogP contribution in [0.2, 0.25) is 0 Å². The Bertz CT molecular complexity index is 692. The van der Waals surface area contributed by atoms with Crippen molar-refractivity contribution in [2.75, 3.05) is 13.1 Å². The van der Waals surface area contributed by atoms with E-state index in [0.29, 0.717) is 17.7 Å². The Kier molecular flexibility index (Phi) is 4.32. The second kappa shape index (κ2) is 6.75. The van der Waals surface area contributed by atoms with Gasteiger partial charge in [-0.2, -0.15) is 0 Å². The molecule has 5 nitrogen and oxygen atoms in total. The summed E-state index contributed by atoms with van der Waals surface area (Å²) >= 11 is 0. The highest BCUT2D eigenvalue weighted by Gasteiger charge is 2.33. The molecule has 2 aromatic heterocycles. The molecule has 3 heterocycles. The summed E-state index contributed by atoms with van der Waals surface area (Å²) < 4.78 is 2.22. The lowest BCUT2D eigenvalue weighted by molar-refractivity contribution is -0.139. The molecule has 1 aliphatic heterocycles. The normalized spacial score (nSPS) is 21.5. The maximum atomic E-state index is 12.6. The zero-order valence-corrected chi connectivity index (χ0v) is 14.0. The maximum Gasteiger partial charge on any atom is 0.225 e. The van der Waals surface area contributed by atoms with E-state index < -0.39 is 0 Å². The van der Waals surface area contributed by atoms with E-state index in [-0.39, 0.29) is 0 Å². The van der Waals surface area contributed by atoms with Crippen molar-refractivity contribution in [3.8, 4) is 0 Å². The fourth-order valence-corrected chi connectivity index (χ4v) is 3.80. The van der Waals surface area contributed by atoms with Crippen LogP contribution < -0.4 is 0 Å². The molecule has 5 heteroatoms. The van der Waals surface area contributed by atoms with Crippen LogP contribution in [0.15, 0.2) is 36.9 Å². The van der Waals surface area contributed by atoms with Gasteiger partial charge in [0.05, 0.1) is 0 Å². The first-order valence-corrected chi connectivity index (χ1v) is 9.00. The van der Waals surface area contributed by atoms with Crippen molar-refractivity contribution in [2.45, 2.75) is 44.6 Å². The SMILES string of the molecule is O=C(C1CCC1)N1CCC[C@@H](c2nccn2Cc2ccncc2)C1. The predicted molar refractivity (Wildman–Crippen MR) is 91.5 cm³/mol. The second-order valence-electron chi connectivity index (χ2n) is 7.02. The van der Waals surface area contributed by atoms with Crippen molar-refractivity contribution < 1.29 is 4.79 Å². The minimum Gasteiger partial charge on any atom is -0.342 e. The molecule has 1 saturated carbocycles. The summed E-state index contributed by atoms with van der Waals surface area (Å²) in [4.78, 5) is 23.3. The van der Waals surface area contributed by atoms with Crippen LogP contribution in [-0.2, 0) is 11.3 Å². The predicted octanol–water partition coefficient (Wildman–Crippen LogP) is 2.83. The molecule has 0 radical (unpaired) electrons. The Morgan fingerprint density at radius 2 is 1.96 bits per heavy atom. The number of likely N-dealkylation sites (tertiary alicyclic amines) is 1. The molecule has 2 aromatic rings. The molecule has 126 valence electrons. The van der Waals surface area contributed by atoms with E-state index in [0.717, 1.165) is 51.1 Å². The highest BCUT2D eigenvalue weighted by Crippen LogP contribution is 2.32. The molecule has 24 heavy (non-hydrogen) atoms. The molecule has 4 rings (SSSR count). The van der Waals surface area contributed by atoms with Crippen LogP contribution >= 0.6 is 0 Å². The van der Waals surface area contributed by atoms with Gasteiger partial charge in [-0.1, -0.05) is 6.42 Å². The average molecular weight is 324 g/mol. The summed E-state index contributed by atoms with van der Waals surface area (Å²) in [6.07, 6.45) is 13.1. The minimum atomic E-state index is 0.292. The topological polar surface area (TPSA) is 51.0 Å². The second-order valence-corrected chi connectivity index (χ2v) is 7.02. The van der Waals surface area contributed by atoms with Gasteiger partial charge in [0, 0.05) is 56.3 Å². The van der Waals surface area contributed by atoms with E-state index in [9.17, 15) is 4.79 Å². The molecular weight excluding hydrogens is 300 g/mol.